The number of fused-ring (bicyclic) bond motifs is 6. The van der Waals surface area contributed by atoms with E-state index in [9.17, 15) is 10.2 Å². The van der Waals surface area contributed by atoms with Crippen molar-refractivity contribution in [1.82, 2.24) is 0 Å². The first-order valence-electron chi connectivity index (χ1n) is 8.41. The maximum atomic E-state index is 9.96. The zero-order chi connectivity index (χ0) is 16.3. The molecule has 0 spiro atoms. The second kappa shape index (κ2) is 5.04. The van der Waals surface area contributed by atoms with Crippen LogP contribution in [0.1, 0.15) is 34.1 Å². The lowest BCUT2D eigenvalue weighted by atomic mass is 9.92. The molecule has 2 atom stereocenters. The van der Waals surface area contributed by atoms with Crippen molar-refractivity contribution in [2.45, 2.75) is 11.8 Å². The first kappa shape index (κ1) is 14.0. The standard InChI is InChI=1S/C22H18O2/c23-11-21-15-7-3-1-5-13(15)17-9-20-18(10-19(17)21)14-6-2-4-8-16(14)22(20)12-24/h1-10,21-24H,11-12H2. The van der Waals surface area contributed by atoms with Crippen LogP contribution in [-0.2, 0) is 0 Å². The van der Waals surface area contributed by atoms with E-state index in [2.05, 4.69) is 36.4 Å². The van der Waals surface area contributed by atoms with Crippen molar-refractivity contribution in [3.05, 3.63) is 82.9 Å². The predicted molar refractivity (Wildman–Crippen MR) is 95.2 cm³/mol. The lowest BCUT2D eigenvalue weighted by Crippen LogP contribution is -2.03. The Morgan fingerprint density at radius 1 is 0.542 bits per heavy atom. The largest absolute Gasteiger partial charge is 0.395 e. The minimum Gasteiger partial charge on any atom is -0.395 e. The van der Waals surface area contributed by atoms with Gasteiger partial charge in [0.05, 0.1) is 13.2 Å². The van der Waals surface area contributed by atoms with E-state index in [0.717, 1.165) is 0 Å². The van der Waals surface area contributed by atoms with Gasteiger partial charge in [-0.15, -0.1) is 0 Å². The highest BCUT2D eigenvalue weighted by atomic mass is 16.3. The average molecular weight is 314 g/mol. The van der Waals surface area contributed by atoms with Crippen molar-refractivity contribution in [2.24, 2.45) is 0 Å². The van der Waals surface area contributed by atoms with Crippen LogP contribution in [0.3, 0.4) is 0 Å². The Kier molecular flexibility index (Phi) is 2.93. The van der Waals surface area contributed by atoms with Crippen LogP contribution in [-0.4, -0.2) is 23.4 Å². The molecule has 3 aromatic rings. The number of hydrogen-bond acceptors (Lipinski definition) is 2. The van der Waals surface area contributed by atoms with Crippen molar-refractivity contribution in [3.63, 3.8) is 0 Å². The first-order chi connectivity index (χ1) is 11.8. The number of benzene rings is 3. The van der Waals surface area contributed by atoms with Gasteiger partial charge in [0.25, 0.3) is 0 Å². The Balaban J connectivity index is 1.80. The quantitative estimate of drug-likeness (QED) is 0.753. The van der Waals surface area contributed by atoms with Crippen molar-refractivity contribution >= 4 is 0 Å². The highest BCUT2D eigenvalue weighted by molar-refractivity contribution is 5.87. The van der Waals surface area contributed by atoms with Gasteiger partial charge < -0.3 is 10.2 Å². The molecule has 0 fully saturated rings. The summed E-state index contributed by atoms with van der Waals surface area (Å²) in [6.45, 7) is 0.238. The van der Waals surface area contributed by atoms with Gasteiger partial charge in [0.15, 0.2) is 0 Å². The Hall–Kier alpha value is -2.42. The molecular formula is C22H18O2. The number of aliphatic hydroxyl groups is 2. The highest BCUT2D eigenvalue weighted by Gasteiger charge is 2.34. The summed E-state index contributed by atoms with van der Waals surface area (Å²) in [4.78, 5) is 0. The van der Waals surface area contributed by atoms with Gasteiger partial charge in [0.2, 0.25) is 0 Å². The molecule has 0 saturated carbocycles. The van der Waals surface area contributed by atoms with Crippen molar-refractivity contribution in [3.8, 4) is 22.3 Å². The molecule has 0 radical (unpaired) electrons. The highest BCUT2D eigenvalue weighted by Crippen LogP contribution is 2.52. The van der Waals surface area contributed by atoms with Gasteiger partial charge in [-0.25, -0.2) is 0 Å². The molecule has 2 nitrogen and oxygen atoms in total. The summed E-state index contributed by atoms with van der Waals surface area (Å²) in [7, 11) is 0. The molecule has 5 rings (SSSR count). The molecule has 118 valence electrons. The summed E-state index contributed by atoms with van der Waals surface area (Å²) < 4.78 is 0. The van der Waals surface area contributed by atoms with Crippen LogP contribution in [0.15, 0.2) is 60.7 Å². The van der Waals surface area contributed by atoms with E-state index >= 15 is 0 Å². The third kappa shape index (κ3) is 1.67. The smallest absolute Gasteiger partial charge is 0.0540 e. The van der Waals surface area contributed by atoms with E-state index < -0.39 is 0 Å². The molecule has 2 aliphatic rings. The molecule has 0 aromatic heterocycles. The average Bonchev–Trinajstić information content (AvgIpc) is 3.11. The van der Waals surface area contributed by atoms with E-state index in [0.29, 0.717) is 0 Å². The van der Waals surface area contributed by atoms with Gasteiger partial charge in [-0.2, -0.15) is 0 Å². The molecule has 0 aliphatic heterocycles. The summed E-state index contributed by atoms with van der Waals surface area (Å²) in [6, 6.07) is 21.1. The molecule has 0 saturated heterocycles. The lowest BCUT2D eigenvalue weighted by Gasteiger charge is -2.13. The summed E-state index contributed by atoms with van der Waals surface area (Å²) in [5.41, 5.74) is 9.63. The molecule has 2 heteroatoms. The SMILES string of the molecule is OCC1c2ccccc2-c2cc3c(cc21)-c1ccccc1C3CO. The van der Waals surface area contributed by atoms with E-state index in [4.69, 9.17) is 0 Å². The van der Waals surface area contributed by atoms with Crippen LogP contribution in [0, 0.1) is 0 Å². The molecular weight excluding hydrogens is 296 g/mol. The molecule has 24 heavy (non-hydrogen) atoms. The Labute approximate surface area is 141 Å². The number of rotatable bonds is 2. The van der Waals surface area contributed by atoms with Crippen LogP contribution in [0.2, 0.25) is 0 Å². The first-order valence-corrected chi connectivity index (χ1v) is 8.41. The second-order valence-electron chi connectivity index (χ2n) is 6.67. The number of hydrogen-bond donors (Lipinski definition) is 2. The Morgan fingerprint density at radius 2 is 0.958 bits per heavy atom. The molecule has 3 aromatic carbocycles. The summed E-state index contributed by atoms with van der Waals surface area (Å²) >= 11 is 0. The summed E-state index contributed by atoms with van der Waals surface area (Å²) in [5, 5.41) is 19.9. The topological polar surface area (TPSA) is 40.5 Å². The molecule has 0 bridgehead atoms. The van der Waals surface area contributed by atoms with Crippen LogP contribution >= 0.6 is 0 Å². The predicted octanol–water partition coefficient (Wildman–Crippen LogP) is 3.90. The Morgan fingerprint density at radius 3 is 1.38 bits per heavy atom. The maximum absolute atomic E-state index is 9.96. The van der Waals surface area contributed by atoms with Crippen LogP contribution < -0.4 is 0 Å². The van der Waals surface area contributed by atoms with Gasteiger partial charge in [-0.05, 0) is 56.6 Å². The molecule has 2 aliphatic carbocycles. The number of aliphatic hydroxyl groups excluding tert-OH is 2. The van der Waals surface area contributed by atoms with Crippen molar-refractivity contribution in [2.75, 3.05) is 13.2 Å². The molecule has 0 heterocycles. The van der Waals surface area contributed by atoms with E-state index in [1.165, 1.54) is 44.5 Å². The van der Waals surface area contributed by atoms with Gasteiger partial charge in [0.1, 0.15) is 0 Å². The third-order valence-corrected chi connectivity index (χ3v) is 5.59. The summed E-state index contributed by atoms with van der Waals surface area (Å²) in [6.07, 6.45) is 0. The molecule has 2 unspecified atom stereocenters. The normalized spacial score (nSPS) is 19.6. The minimum atomic E-state index is 0.0434. The van der Waals surface area contributed by atoms with E-state index in [1.54, 1.807) is 0 Å². The lowest BCUT2D eigenvalue weighted by molar-refractivity contribution is 0.281. The Bertz CT molecular complexity index is 879. The fourth-order valence-corrected chi connectivity index (χ4v) is 4.50. The minimum absolute atomic E-state index is 0.0434. The van der Waals surface area contributed by atoms with Gasteiger partial charge >= 0.3 is 0 Å². The van der Waals surface area contributed by atoms with Gasteiger partial charge in [0, 0.05) is 11.8 Å². The van der Waals surface area contributed by atoms with Crippen LogP contribution in [0.25, 0.3) is 22.3 Å². The van der Waals surface area contributed by atoms with Crippen molar-refractivity contribution in [1.29, 1.82) is 0 Å². The fourth-order valence-electron chi connectivity index (χ4n) is 4.50. The monoisotopic (exact) mass is 314 g/mol. The summed E-state index contributed by atoms with van der Waals surface area (Å²) in [5.74, 6) is 0.0867. The second-order valence-corrected chi connectivity index (χ2v) is 6.67. The molecule has 0 amide bonds. The van der Waals surface area contributed by atoms with Gasteiger partial charge in [-0.3, -0.25) is 0 Å². The van der Waals surface area contributed by atoms with Crippen LogP contribution in [0.4, 0.5) is 0 Å². The van der Waals surface area contributed by atoms with Gasteiger partial charge in [-0.1, -0.05) is 48.5 Å². The van der Waals surface area contributed by atoms with Crippen molar-refractivity contribution < 1.29 is 10.2 Å². The maximum Gasteiger partial charge on any atom is 0.0540 e. The fraction of sp³-hybridized carbons (Fsp3) is 0.182. The van der Waals surface area contributed by atoms with E-state index in [-0.39, 0.29) is 25.0 Å². The zero-order valence-electron chi connectivity index (χ0n) is 13.2. The molecule has 2 N–H and O–H groups in total. The van der Waals surface area contributed by atoms with Crippen LogP contribution in [0.5, 0.6) is 0 Å². The third-order valence-electron chi connectivity index (χ3n) is 5.59. The van der Waals surface area contributed by atoms with E-state index in [1.807, 2.05) is 24.3 Å². The zero-order valence-corrected chi connectivity index (χ0v) is 13.2.